The van der Waals surface area contributed by atoms with E-state index in [9.17, 15) is 4.79 Å². The summed E-state index contributed by atoms with van der Waals surface area (Å²) in [5.41, 5.74) is 0.792. The highest BCUT2D eigenvalue weighted by atomic mass is 35.5. The Morgan fingerprint density at radius 2 is 1.89 bits per heavy atom. The highest BCUT2D eigenvalue weighted by Crippen LogP contribution is 2.50. The zero-order chi connectivity index (χ0) is 20.5. The average molecular weight is 408 g/mol. The summed E-state index contributed by atoms with van der Waals surface area (Å²) in [4.78, 5) is 14.2. The minimum absolute atomic E-state index is 0.0446. The molecule has 2 fully saturated rings. The van der Waals surface area contributed by atoms with Gasteiger partial charge in [-0.25, -0.2) is 4.79 Å². The normalized spacial score (nSPS) is 25.2. The van der Waals surface area contributed by atoms with E-state index in [1.807, 2.05) is 43.9 Å². The molecule has 0 bridgehead atoms. The van der Waals surface area contributed by atoms with Crippen molar-refractivity contribution in [2.24, 2.45) is 17.3 Å². The Kier molecular flexibility index (Phi) is 6.31. The third kappa shape index (κ3) is 4.83. The third-order valence-electron chi connectivity index (χ3n) is 6.17. The van der Waals surface area contributed by atoms with Crippen LogP contribution in [-0.4, -0.2) is 36.3 Å². The summed E-state index contributed by atoms with van der Waals surface area (Å²) in [6.07, 6.45) is 2.88. The monoisotopic (exact) mass is 407 g/mol. The van der Waals surface area contributed by atoms with Crippen molar-refractivity contribution in [1.29, 1.82) is 0 Å². The van der Waals surface area contributed by atoms with Gasteiger partial charge in [-0.2, -0.15) is 0 Å². The molecule has 0 saturated carbocycles. The molecular weight excluding hydrogens is 374 g/mol. The summed E-state index contributed by atoms with van der Waals surface area (Å²) < 4.78 is 12.0. The molecule has 1 spiro atoms. The lowest BCUT2D eigenvalue weighted by Gasteiger charge is -2.50. The first-order valence-corrected chi connectivity index (χ1v) is 10.8. The Labute approximate surface area is 174 Å². The fourth-order valence-electron chi connectivity index (χ4n) is 4.51. The van der Waals surface area contributed by atoms with Gasteiger partial charge in [0, 0.05) is 18.1 Å². The Bertz CT molecular complexity index is 689. The maximum atomic E-state index is 12.4. The number of halogens is 1. The van der Waals surface area contributed by atoms with Crippen LogP contribution in [0.4, 0.5) is 4.79 Å². The van der Waals surface area contributed by atoms with Crippen LogP contribution in [0.2, 0.25) is 5.02 Å². The van der Waals surface area contributed by atoms with Crippen molar-refractivity contribution in [2.45, 2.75) is 65.6 Å². The molecule has 0 unspecified atom stereocenters. The highest BCUT2D eigenvalue weighted by molar-refractivity contribution is 6.31. The second kappa shape index (κ2) is 8.23. The molecule has 1 amide bonds. The molecular formula is C23H34ClNO3. The van der Waals surface area contributed by atoms with Gasteiger partial charge in [0.2, 0.25) is 0 Å². The van der Waals surface area contributed by atoms with E-state index < -0.39 is 5.60 Å². The van der Waals surface area contributed by atoms with Crippen molar-refractivity contribution < 1.29 is 14.3 Å². The molecule has 156 valence electrons. The van der Waals surface area contributed by atoms with Crippen LogP contribution < -0.4 is 0 Å². The van der Waals surface area contributed by atoms with E-state index >= 15 is 0 Å². The van der Waals surface area contributed by atoms with Crippen molar-refractivity contribution in [3.63, 3.8) is 0 Å². The molecule has 28 heavy (non-hydrogen) atoms. The first-order chi connectivity index (χ1) is 13.1. The predicted octanol–water partition coefficient (Wildman–Crippen LogP) is 6.09. The van der Waals surface area contributed by atoms with Crippen LogP contribution in [0.5, 0.6) is 0 Å². The van der Waals surface area contributed by atoms with Crippen LogP contribution in [0.3, 0.4) is 0 Å². The molecule has 0 aliphatic carbocycles. The topological polar surface area (TPSA) is 38.8 Å². The van der Waals surface area contributed by atoms with E-state index in [0.29, 0.717) is 11.8 Å². The Balaban J connectivity index is 1.68. The number of piperidine rings is 1. The smallest absolute Gasteiger partial charge is 0.410 e. The molecule has 2 aliphatic heterocycles. The first-order valence-electron chi connectivity index (χ1n) is 10.4. The van der Waals surface area contributed by atoms with Crippen molar-refractivity contribution in [2.75, 3.05) is 19.7 Å². The fourth-order valence-corrected chi connectivity index (χ4v) is 4.75. The second-order valence-electron chi connectivity index (χ2n) is 9.83. The number of amides is 1. The van der Waals surface area contributed by atoms with Gasteiger partial charge in [-0.15, -0.1) is 0 Å². The summed E-state index contributed by atoms with van der Waals surface area (Å²) in [5.74, 6) is 0.920. The lowest BCUT2D eigenvalue weighted by Crippen LogP contribution is -2.50. The number of nitrogens with zero attached hydrogens (tertiary/aromatic N) is 1. The molecule has 3 rings (SSSR count). The quantitative estimate of drug-likeness (QED) is 0.595. The maximum Gasteiger partial charge on any atom is 0.410 e. The number of ether oxygens (including phenoxy) is 2. The summed E-state index contributed by atoms with van der Waals surface area (Å²) in [6.45, 7) is 12.5. The number of carbonyl (C=O) groups excluding carboxylic acids is 1. The van der Waals surface area contributed by atoms with Gasteiger partial charge >= 0.3 is 6.09 Å². The minimum Gasteiger partial charge on any atom is -0.444 e. The molecule has 1 aromatic carbocycles. The third-order valence-corrected chi connectivity index (χ3v) is 6.51. The molecule has 0 aromatic heterocycles. The fraction of sp³-hybridized carbons (Fsp3) is 0.696. The van der Waals surface area contributed by atoms with Crippen molar-refractivity contribution in [3.05, 3.63) is 34.9 Å². The summed E-state index contributed by atoms with van der Waals surface area (Å²) >= 11 is 6.47. The van der Waals surface area contributed by atoms with E-state index in [0.717, 1.165) is 49.5 Å². The Hall–Kier alpha value is -1.26. The van der Waals surface area contributed by atoms with Crippen LogP contribution >= 0.6 is 11.6 Å². The molecule has 4 nitrogen and oxygen atoms in total. The van der Waals surface area contributed by atoms with Crippen LogP contribution in [0, 0.1) is 17.3 Å². The number of likely N-dealkylation sites (tertiary alicyclic amines) is 1. The van der Waals surface area contributed by atoms with Crippen LogP contribution in [0.1, 0.15) is 65.5 Å². The van der Waals surface area contributed by atoms with E-state index in [1.165, 1.54) is 0 Å². The number of carbonyl (C=O) groups is 1. The molecule has 2 heterocycles. The summed E-state index contributed by atoms with van der Waals surface area (Å²) in [6, 6.07) is 8.03. The number of benzene rings is 1. The van der Waals surface area contributed by atoms with Gasteiger partial charge in [0.25, 0.3) is 0 Å². The molecule has 1 aromatic rings. The second-order valence-corrected chi connectivity index (χ2v) is 10.2. The average Bonchev–Trinajstić information content (AvgIpc) is 2.61. The van der Waals surface area contributed by atoms with E-state index in [4.69, 9.17) is 21.1 Å². The maximum absolute atomic E-state index is 12.4. The SMILES string of the molecule is CC(C)[C@H]1CC2(CCN(C(=O)OC(C)(C)C)CC2)CO[C@@H]1c1ccccc1Cl. The van der Waals surface area contributed by atoms with Gasteiger partial charge in [0.15, 0.2) is 0 Å². The van der Waals surface area contributed by atoms with Crippen LogP contribution in [0.15, 0.2) is 24.3 Å². The Morgan fingerprint density at radius 1 is 1.25 bits per heavy atom. The molecule has 0 N–H and O–H groups in total. The van der Waals surface area contributed by atoms with Gasteiger partial charge in [0.1, 0.15) is 5.60 Å². The lowest BCUT2D eigenvalue weighted by atomic mass is 9.66. The number of rotatable bonds is 2. The standard InChI is InChI=1S/C23H34ClNO3/c1-16(2)18-14-23(15-27-20(18)17-8-6-7-9-19(17)24)10-12-25(13-11-23)21(26)28-22(3,4)5/h6-9,16,18,20H,10-15H2,1-5H3/t18-,20-/m1/s1. The predicted molar refractivity (Wildman–Crippen MR) is 113 cm³/mol. The van der Waals surface area contributed by atoms with Crippen molar-refractivity contribution in [3.8, 4) is 0 Å². The van der Waals surface area contributed by atoms with Gasteiger partial charge in [-0.3, -0.25) is 0 Å². The highest BCUT2D eigenvalue weighted by Gasteiger charge is 2.46. The van der Waals surface area contributed by atoms with Gasteiger partial charge < -0.3 is 14.4 Å². The van der Waals surface area contributed by atoms with Gasteiger partial charge in [-0.1, -0.05) is 43.6 Å². The van der Waals surface area contributed by atoms with E-state index in [2.05, 4.69) is 19.9 Å². The Morgan fingerprint density at radius 3 is 2.46 bits per heavy atom. The molecule has 2 saturated heterocycles. The molecule has 2 aliphatic rings. The van der Waals surface area contributed by atoms with Gasteiger partial charge in [0.05, 0.1) is 12.7 Å². The van der Waals surface area contributed by atoms with Gasteiger partial charge in [-0.05, 0) is 68.9 Å². The largest absolute Gasteiger partial charge is 0.444 e. The van der Waals surface area contributed by atoms with Crippen LogP contribution in [-0.2, 0) is 9.47 Å². The molecule has 2 atom stereocenters. The first kappa shape index (κ1) is 21.4. The molecule has 5 heteroatoms. The lowest BCUT2D eigenvalue weighted by molar-refractivity contribution is -0.130. The van der Waals surface area contributed by atoms with E-state index in [-0.39, 0.29) is 17.6 Å². The zero-order valence-corrected chi connectivity index (χ0v) is 18.6. The van der Waals surface area contributed by atoms with Crippen molar-refractivity contribution in [1.82, 2.24) is 4.90 Å². The van der Waals surface area contributed by atoms with Crippen molar-refractivity contribution >= 4 is 17.7 Å². The zero-order valence-electron chi connectivity index (χ0n) is 17.8. The summed E-state index contributed by atoms with van der Waals surface area (Å²) in [7, 11) is 0. The summed E-state index contributed by atoms with van der Waals surface area (Å²) in [5, 5.41) is 0.786. The molecule has 0 radical (unpaired) electrons. The minimum atomic E-state index is -0.453. The number of hydrogen-bond donors (Lipinski definition) is 0. The van der Waals surface area contributed by atoms with E-state index in [1.54, 1.807) is 0 Å². The van der Waals surface area contributed by atoms with Crippen LogP contribution in [0.25, 0.3) is 0 Å². The number of hydrogen-bond acceptors (Lipinski definition) is 3.